The van der Waals surface area contributed by atoms with Gasteiger partial charge in [0.05, 0.1) is 17.8 Å². The Labute approximate surface area is 162 Å². The van der Waals surface area contributed by atoms with Crippen LogP contribution in [0.5, 0.6) is 11.5 Å². The van der Waals surface area contributed by atoms with Gasteiger partial charge in [0.1, 0.15) is 23.1 Å². The van der Waals surface area contributed by atoms with Gasteiger partial charge in [0.25, 0.3) is 5.91 Å². The molecule has 3 rings (SSSR count). The van der Waals surface area contributed by atoms with Crippen LogP contribution in [0.15, 0.2) is 60.3 Å². The normalized spacial score (nSPS) is 11.1. The van der Waals surface area contributed by atoms with Crippen LogP contribution in [-0.2, 0) is 4.79 Å². The Hall–Kier alpha value is -3.85. The largest absolute Gasteiger partial charge is 0.507 e. The third-order valence-corrected chi connectivity index (χ3v) is 4.03. The number of fused-ring (bicyclic) bond motifs is 1. The molecule has 0 atom stereocenters. The van der Waals surface area contributed by atoms with Crippen molar-refractivity contribution in [1.82, 2.24) is 4.98 Å². The van der Waals surface area contributed by atoms with Gasteiger partial charge in [0, 0.05) is 23.2 Å². The first kappa shape index (κ1) is 18.9. The molecule has 0 spiro atoms. The van der Waals surface area contributed by atoms with Crippen molar-refractivity contribution in [3.8, 4) is 17.6 Å². The standard InChI is InChI=1S/C22H19N3O3/c1-2-11-28-17-9-8-15(21(26)13-17)12-16(14-23)22(27)25-20-7-3-6-19-18(20)5-4-10-24-19/h3-10,12-13,26H,2,11H2,1H3,(H,25,27)/b16-12+. The molecule has 0 aliphatic heterocycles. The minimum Gasteiger partial charge on any atom is -0.507 e. The van der Waals surface area contributed by atoms with Gasteiger partial charge >= 0.3 is 0 Å². The summed E-state index contributed by atoms with van der Waals surface area (Å²) in [5.74, 6) is -0.101. The number of carbonyl (C=O) groups excluding carboxylic acids is 1. The Morgan fingerprint density at radius 1 is 1.29 bits per heavy atom. The Morgan fingerprint density at radius 3 is 2.89 bits per heavy atom. The number of rotatable bonds is 6. The summed E-state index contributed by atoms with van der Waals surface area (Å²) in [7, 11) is 0. The summed E-state index contributed by atoms with van der Waals surface area (Å²) in [5.41, 5.74) is 1.53. The van der Waals surface area contributed by atoms with E-state index in [1.54, 1.807) is 36.5 Å². The molecule has 1 heterocycles. The van der Waals surface area contributed by atoms with E-state index in [2.05, 4.69) is 10.3 Å². The van der Waals surface area contributed by atoms with Crippen LogP contribution in [0.2, 0.25) is 0 Å². The number of hydrogen-bond donors (Lipinski definition) is 2. The molecule has 1 aromatic heterocycles. The van der Waals surface area contributed by atoms with Crippen molar-refractivity contribution in [2.75, 3.05) is 11.9 Å². The molecule has 0 aliphatic rings. The lowest BCUT2D eigenvalue weighted by molar-refractivity contribution is -0.112. The van der Waals surface area contributed by atoms with Crippen molar-refractivity contribution in [3.05, 3.63) is 65.9 Å². The number of anilines is 1. The topological polar surface area (TPSA) is 95.2 Å². The number of phenols is 1. The van der Waals surface area contributed by atoms with Crippen molar-refractivity contribution >= 4 is 28.6 Å². The van der Waals surface area contributed by atoms with E-state index in [-0.39, 0.29) is 11.3 Å². The fraction of sp³-hybridized carbons (Fsp3) is 0.136. The second-order valence-corrected chi connectivity index (χ2v) is 6.07. The lowest BCUT2D eigenvalue weighted by Crippen LogP contribution is -2.13. The fourth-order valence-electron chi connectivity index (χ4n) is 2.66. The van der Waals surface area contributed by atoms with Gasteiger partial charge in [-0.15, -0.1) is 0 Å². The number of nitrogens with one attached hydrogen (secondary N) is 1. The van der Waals surface area contributed by atoms with E-state index in [9.17, 15) is 15.2 Å². The van der Waals surface area contributed by atoms with E-state index in [0.29, 0.717) is 23.6 Å². The van der Waals surface area contributed by atoms with E-state index >= 15 is 0 Å². The number of carbonyl (C=O) groups is 1. The fourth-order valence-corrected chi connectivity index (χ4v) is 2.66. The van der Waals surface area contributed by atoms with Crippen LogP contribution in [0, 0.1) is 11.3 Å². The molecule has 3 aromatic rings. The number of hydrogen-bond acceptors (Lipinski definition) is 5. The number of nitrogens with zero attached hydrogens (tertiary/aromatic N) is 2. The summed E-state index contributed by atoms with van der Waals surface area (Å²) in [6.45, 7) is 2.53. The maximum absolute atomic E-state index is 12.6. The minimum absolute atomic E-state index is 0.0662. The monoisotopic (exact) mass is 373 g/mol. The Morgan fingerprint density at radius 2 is 2.14 bits per heavy atom. The van der Waals surface area contributed by atoms with Gasteiger partial charge in [0.15, 0.2) is 0 Å². The molecular weight excluding hydrogens is 354 g/mol. The molecule has 0 aliphatic carbocycles. The molecule has 0 radical (unpaired) electrons. The lowest BCUT2D eigenvalue weighted by Gasteiger charge is -2.09. The van der Waals surface area contributed by atoms with Gasteiger partial charge in [-0.3, -0.25) is 9.78 Å². The van der Waals surface area contributed by atoms with E-state index in [1.165, 1.54) is 12.1 Å². The summed E-state index contributed by atoms with van der Waals surface area (Å²) in [6, 6.07) is 15.6. The van der Waals surface area contributed by atoms with Crippen LogP contribution in [0.3, 0.4) is 0 Å². The second-order valence-electron chi connectivity index (χ2n) is 6.07. The maximum Gasteiger partial charge on any atom is 0.266 e. The molecule has 1 amide bonds. The number of ether oxygens (including phenoxy) is 1. The molecule has 28 heavy (non-hydrogen) atoms. The van der Waals surface area contributed by atoms with E-state index < -0.39 is 5.91 Å². The highest BCUT2D eigenvalue weighted by atomic mass is 16.5. The lowest BCUT2D eigenvalue weighted by atomic mass is 10.1. The van der Waals surface area contributed by atoms with Crippen LogP contribution >= 0.6 is 0 Å². The zero-order valence-electron chi connectivity index (χ0n) is 15.3. The number of benzene rings is 2. The third kappa shape index (κ3) is 4.27. The van der Waals surface area contributed by atoms with Crippen molar-refractivity contribution in [3.63, 3.8) is 0 Å². The van der Waals surface area contributed by atoms with Crippen LogP contribution in [-0.4, -0.2) is 22.6 Å². The molecule has 140 valence electrons. The van der Waals surface area contributed by atoms with Crippen LogP contribution in [0.25, 0.3) is 17.0 Å². The number of pyridine rings is 1. The Bertz CT molecular complexity index is 1080. The molecule has 0 unspecified atom stereocenters. The quantitative estimate of drug-likeness (QED) is 0.497. The summed E-state index contributed by atoms with van der Waals surface area (Å²) in [6.07, 6.45) is 3.87. The molecule has 0 saturated carbocycles. The van der Waals surface area contributed by atoms with Crippen molar-refractivity contribution in [1.29, 1.82) is 5.26 Å². The highest BCUT2D eigenvalue weighted by Crippen LogP contribution is 2.26. The predicted octanol–water partition coefficient (Wildman–Crippen LogP) is 4.27. The Balaban J connectivity index is 1.84. The molecule has 0 bridgehead atoms. The average molecular weight is 373 g/mol. The molecule has 0 fully saturated rings. The molecule has 6 heteroatoms. The first-order valence-corrected chi connectivity index (χ1v) is 8.85. The number of aromatic hydroxyl groups is 1. The molecule has 2 aromatic carbocycles. The zero-order valence-corrected chi connectivity index (χ0v) is 15.3. The van der Waals surface area contributed by atoms with E-state index in [1.807, 2.05) is 25.1 Å². The zero-order chi connectivity index (χ0) is 19.9. The first-order chi connectivity index (χ1) is 13.6. The summed E-state index contributed by atoms with van der Waals surface area (Å²) >= 11 is 0. The number of aromatic nitrogens is 1. The molecule has 0 saturated heterocycles. The van der Waals surface area contributed by atoms with Crippen molar-refractivity contribution < 1.29 is 14.6 Å². The number of nitriles is 1. The predicted molar refractivity (Wildman–Crippen MR) is 108 cm³/mol. The van der Waals surface area contributed by atoms with Gasteiger partial charge < -0.3 is 15.2 Å². The van der Waals surface area contributed by atoms with Crippen molar-refractivity contribution in [2.45, 2.75) is 13.3 Å². The summed E-state index contributed by atoms with van der Waals surface area (Å²) in [4.78, 5) is 16.8. The average Bonchev–Trinajstić information content (AvgIpc) is 2.71. The molecule has 6 nitrogen and oxygen atoms in total. The SMILES string of the molecule is CCCOc1ccc(/C=C(\C#N)C(=O)Nc2cccc3ncccc23)c(O)c1. The van der Waals surface area contributed by atoms with Gasteiger partial charge in [-0.05, 0) is 48.9 Å². The van der Waals surface area contributed by atoms with Gasteiger partial charge in [-0.25, -0.2) is 0 Å². The number of phenolic OH excluding ortho intramolecular Hbond substituents is 1. The highest BCUT2D eigenvalue weighted by Gasteiger charge is 2.13. The second kappa shape index (κ2) is 8.69. The van der Waals surface area contributed by atoms with Crippen LogP contribution < -0.4 is 10.1 Å². The van der Waals surface area contributed by atoms with Gasteiger partial charge in [0.2, 0.25) is 0 Å². The van der Waals surface area contributed by atoms with Crippen LogP contribution in [0.4, 0.5) is 5.69 Å². The number of amides is 1. The smallest absolute Gasteiger partial charge is 0.266 e. The van der Waals surface area contributed by atoms with Gasteiger partial charge in [-0.2, -0.15) is 5.26 Å². The summed E-state index contributed by atoms with van der Waals surface area (Å²) in [5, 5.41) is 23.1. The first-order valence-electron chi connectivity index (χ1n) is 8.85. The maximum atomic E-state index is 12.6. The third-order valence-electron chi connectivity index (χ3n) is 4.03. The Kier molecular flexibility index (Phi) is 5.87. The molecule has 2 N–H and O–H groups in total. The van der Waals surface area contributed by atoms with Gasteiger partial charge in [-0.1, -0.05) is 13.0 Å². The van der Waals surface area contributed by atoms with E-state index in [4.69, 9.17) is 4.74 Å². The van der Waals surface area contributed by atoms with Crippen LogP contribution in [0.1, 0.15) is 18.9 Å². The molecular formula is C22H19N3O3. The van der Waals surface area contributed by atoms with Crippen molar-refractivity contribution in [2.24, 2.45) is 0 Å². The highest BCUT2D eigenvalue weighted by molar-refractivity contribution is 6.12. The summed E-state index contributed by atoms with van der Waals surface area (Å²) < 4.78 is 5.46. The minimum atomic E-state index is -0.565. The van der Waals surface area contributed by atoms with E-state index in [0.717, 1.165) is 17.3 Å².